The third kappa shape index (κ3) is 7.34. The van der Waals surface area contributed by atoms with Crippen molar-refractivity contribution >= 4 is 52.4 Å². The lowest BCUT2D eigenvalue weighted by Gasteiger charge is -2.22. The number of halogens is 1. The van der Waals surface area contributed by atoms with Crippen LogP contribution < -0.4 is 21.7 Å². The van der Waals surface area contributed by atoms with Gasteiger partial charge in [0.15, 0.2) is 5.11 Å². The molecular formula is C20H21ClN4O4S. The molecule has 2 aromatic carbocycles. The number of nitrogens with one attached hydrogen (secondary N) is 3. The molecule has 0 aromatic heterocycles. The molecule has 0 heterocycles. The van der Waals surface area contributed by atoms with Gasteiger partial charge < -0.3 is 26.8 Å². The minimum atomic E-state index is -1.23. The van der Waals surface area contributed by atoms with Crippen LogP contribution in [-0.4, -0.2) is 40.1 Å². The molecule has 2 amide bonds. The fraction of sp³-hybridized carbons (Fsp3) is 0.200. The Bertz CT molecular complexity index is 926. The molecule has 0 aliphatic carbocycles. The van der Waals surface area contributed by atoms with Crippen molar-refractivity contribution < 1.29 is 19.5 Å². The van der Waals surface area contributed by atoms with E-state index in [4.69, 9.17) is 34.7 Å². The maximum Gasteiger partial charge on any atom is 0.305 e. The molecule has 0 unspecified atom stereocenters. The predicted octanol–water partition coefficient (Wildman–Crippen LogP) is 1.68. The molecule has 0 saturated heterocycles. The van der Waals surface area contributed by atoms with Crippen LogP contribution in [-0.2, 0) is 20.8 Å². The highest BCUT2D eigenvalue weighted by molar-refractivity contribution is 7.80. The molecule has 6 N–H and O–H groups in total. The lowest BCUT2D eigenvalue weighted by atomic mass is 10.0. The molecule has 0 aliphatic rings. The highest BCUT2D eigenvalue weighted by atomic mass is 35.5. The zero-order valence-electron chi connectivity index (χ0n) is 15.8. The van der Waals surface area contributed by atoms with E-state index in [1.54, 1.807) is 48.5 Å². The van der Waals surface area contributed by atoms with E-state index in [0.717, 1.165) is 5.56 Å². The monoisotopic (exact) mass is 448 g/mol. The summed E-state index contributed by atoms with van der Waals surface area (Å²) in [5.41, 5.74) is 6.69. The van der Waals surface area contributed by atoms with Crippen molar-refractivity contribution in [3.8, 4) is 0 Å². The van der Waals surface area contributed by atoms with E-state index < -0.39 is 36.3 Å². The molecular weight excluding hydrogens is 428 g/mol. The van der Waals surface area contributed by atoms with Gasteiger partial charge in [0.25, 0.3) is 0 Å². The van der Waals surface area contributed by atoms with Crippen LogP contribution >= 0.6 is 23.8 Å². The Kier molecular flexibility index (Phi) is 8.57. The predicted molar refractivity (Wildman–Crippen MR) is 118 cm³/mol. The van der Waals surface area contributed by atoms with E-state index in [-0.39, 0.29) is 11.5 Å². The topological polar surface area (TPSA) is 134 Å². The number of carbonyl (C=O) groups is 3. The molecule has 8 nitrogen and oxygen atoms in total. The van der Waals surface area contributed by atoms with Gasteiger partial charge in [-0.25, -0.2) is 0 Å². The Labute approximate surface area is 183 Å². The zero-order chi connectivity index (χ0) is 22.1. The van der Waals surface area contributed by atoms with Crippen LogP contribution in [0.25, 0.3) is 0 Å². The number of amides is 2. The number of benzene rings is 2. The van der Waals surface area contributed by atoms with Gasteiger partial charge in [-0.1, -0.05) is 54.1 Å². The Morgan fingerprint density at radius 2 is 1.63 bits per heavy atom. The maximum absolute atomic E-state index is 12.7. The third-order valence-electron chi connectivity index (χ3n) is 4.07. The molecule has 2 atom stereocenters. The molecule has 0 saturated carbocycles. The number of thiocarbonyl (C=S) groups is 1. The number of para-hydroxylation sites is 1. The minimum Gasteiger partial charge on any atom is -0.481 e. The van der Waals surface area contributed by atoms with Crippen molar-refractivity contribution in [1.82, 2.24) is 10.6 Å². The van der Waals surface area contributed by atoms with Gasteiger partial charge in [-0.3, -0.25) is 14.4 Å². The highest BCUT2D eigenvalue weighted by Crippen LogP contribution is 2.20. The first-order chi connectivity index (χ1) is 14.3. The third-order valence-corrected chi connectivity index (χ3v) is 4.61. The second-order valence-electron chi connectivity index (χ2n) is 6.38. The summed E-state index contributed by atoms with van der Waals surface area (Å²) in [6.07, 6.45) is -0.392. The first-order valence-electron chi connectivity index (χ1n) is 8.93. The molecule has 10 heteroatoms. The van der Waals surface area contributed by atoms with Gasteiger partial charge in [0.05, 0.1) is 17.1 Å². The number of rotatable bonds is 9. The summed E-state index contributed by atoms with van der Waals surface area (Å²) in [5.74, 6) is -2.68. The van der Waals surface area contributed by atoms with E-state index in [1.807, 2.05) is 6.07 Å². The van der Waals surface area contributed by atoms with Gasteiger partial charge in [0.1, 0.15) is 12.1 Å². The zero-order valence-corrected chi connectivity index (χ0v) is 17.4. The van der Waals surface area contributed by atoms with Crippen molar-refractivity contribution in [3.05, 3.63) is 65.2 Å². The van der Waals surface area contributed by atoms with Crippen LogP contribution in [0.5, 0.6) is 0 Å². The molecule has 0 radical (unpaired) electrons. The van der Waals surface area contributed by atoms with Gasteiger partial charge in [0.2, 0.25) is 11.8 Å². The Hall–Kier alpha value is -3.17. The summed E-state index contributed by atoms with van der Waals surface area (Å²) < 4.78 is 0. The van der Waals surface area contributed by atoms with Crippen LogP contribution in [0.1, 0.15) is 12.0 Å². The summed E-state index contributed by atoms with van der Waals surface area (Å²) in [5, 5.41) is 17.5. The number of anilines is 1. The number of aliphatic carboxylic acids is 1. The van der Waals surface area contributed by atoms with Crippen molar-refractivity contribution in [1.29, 1.82) is 0 Å². The summed E-state index contributed by atoms with van der Waals surface area (Å²) >= 11 is 11.2. The Morgan fingerprint density at radius 3 is 2.23 bits per heavy atom. The molecule has 0 bridgehead atoms. The van der Waals surface area contributed by atoms with Crippen LogP contribution in [0.4, 0.5) is 5.69 Å². The normalized spacial score (nSPS) is 12.3. The second-order valence-corrected chi connectivity index (χ2v) is 7.20. The average molecular weight is 449 g/mol. The van der Waals surface area contributed by atoms with Crippen molar-refractivity contribution in [2.24, 2.45) is 5.73 Å². The Balaban J connectivity index is 2.07. The smallest absolute Gasteiger partial charge is 0.305 e. The number of primary amides is 1. The van der Waals surface area contributed by atoms with E-state index >= 15 is 0 Å². The lowest BCUT2D eigenvalue weighted by molar-refractivity contribution is -0.140. The Morgan fingerprint density at radius 1 is 1.00 bits per heavy atom. The van der Waals surface area contributed by atoms with Gasteiger partial charge in [0, 0.05) is 6.42 Å². The number of carboxylic acid groups (broad SMARTS) is 1. The maximum atomic E-state index is 12.7. The quantitative estimate of drug-likeness (QED) is 0.368. The first-order valence-corrected chi connectivity index (χ1v) is 9.72. The standard InChI is InChI=1S/C20H21ClN4O4S/c21-13-8-4-5-9-14(13)24-20(30)25-16(11-17(26)27)19(29)23-15(18(22)28)10-12-6-2-1-3-7-12/h1-9,15-16H,10-11H2,(H2,22,28)(H,23,29)(H,26,27)(H2,24,25,30)/t15-,16-/m0/s1. The molecule has 30 heavy (non-hydrogen) atoms. The van der Waals surface area contributed by atoms with Crippen LogP contribution in [0.2, 0.25) is 5.02 Å². The van der Waals surface area contributed by atoms with E-state index in [1.165, 1.54) is 0 Å². The molecule has 158 valence electrons. The van der Waals surface area contributed by atoms with Crippen LogP contribution in [0, 0.1) is 0 Å². The number of carbonyl (C=O) groups excluding carboxylic acids is 2. The molecule has 0 fully saturated rings. The number of hydrogen-bond donors (Lipinski definition) is 5. The average Bonchev–Trinajstić information content (AvgIpc) is 2.69. The summed E-state index contributed by atoms with van der Waals surface area (Å²) in [4.78, 5) is 35.7. The van der Waals surface area contributed by atoms with Gasteiger partial charge in [-0.2, -0.15) is 0 Å². The molecule has 0 aliphatic heterocycles. The van der Waals surface area contributed by atoms with Crippen LogP contribution in [0.15, 0.2) is 54.6 Å². The minimum absolute atomic E-state index is 0.00295. The van der Waals surface area contributed by atoms with Crippen molar-refractivity contribution in [3.63, 3.8) is 0 Å². The highest BCUT2D eigenvalue weighted by Gasteiger charge is 2.27. The van der Waals surface area contributed by atoms with Gasteiger partial charge in [-0.15, -0.1) is 0 Å². The van der Waals surface area contributed by atoms with Gasteiger partial charge >= 0.3 is 5.97 Å². The molecule has 2 rings (SSSR count). The fourth-order valence-corrected chi connectivity index (χ4v) is 3.04. The SMILES string of the molecule is NC(=O)[C@H](Cc1ccccc1)NC(=O)[C@H](CC(=O)O)NC(=S)Nc1ccccc1Cl. The first kappa shape index (κ1) is 23.1. The van der Waals surface area contributed by atoms with Crippen LogP contribution in [0.3, 0.4) is 0 Å². The van der Waals surface area contributed by atoms with E-state index in [0.29, 0.717) is 10.7 Å². The lowest BCUT2D eigenvalue weighted by Crippen LogP contribution is -2.54. The second kappa shape index (κ2) is 11.1. The number of carboxylic acids is 1. The van der Waals surface area contributed by atoms with Crippen molar-refractivity contribution in [2.45, 2.75) is 24.9 Å². The van der Waals surface area contributed by atoms with E-state index in [2.05, 4.69) is 16.0 Å². The molecule has 2 aromatic rings. The summed E-state index contributed by atoms with van der Waals surface area (Å²) in [6.45, 7) is 0. The number of hydrogen-bond acceptors (Lipinski definition) is 4. The summed E-state index contributed by atoms with van der Waals surface area (Å²) in [7, 11) is 0. The van der Waals surface area contributed by atoms with Crippen molar-refractivity contribution in [2.75, 3.05) is 5.32 Å². The fourth-order valence-electron chi connectivity index (χ4n) is 2.61. The summed E-state index contributed by atoms with van der Waals surface area (Å²) in [6, 6.07) is 13.5. The van der Waals surface area contributed by atoms with Gasteiger partial charge in [-0.05, 0) is 29.9 Å². The number of nitrogens with two attached hydrogens (primary N) is 1. The molecule has 0 spiro atoms. The largest absolute Gasteiger partial charge is 0.481 e. The van der Waals surface area contributed by atoms with E-state index in [9.17, 15) is 14.4 Å².